The first kappa shape index (κ1) is 11.6. The molecule has 1 aromatic heterocycles. The van der Waals surface area contributed by atoms with Gasteiger partial charge >= 0.3 is 0 Å². The molecular weight excluding hydrogens is 330 g/mol. The largest absolute Gasteiger partial charge is 0.328 e. The third kappa shape index (κ3) is 2.11. The topological polar surface area (TPSA) is 49.9 Å². The molecule has 0 aromatic carbocycles. The number of nitrogens with one attached hydrogen (secondary N) is 1. The van der Waals surface area contributed by atoms with Crippen molar-refractivity contribution in [2.75, 3.05) is 0 Å². The monoisotopic (exact) mass is 333 g/mol. The number of carbonyl (C=O) groups excluding carboxylic acids is 1. The van der Waals surface area contributed by atoms with Crippen LogP contribution in [-0.2, 0) is 0 Å². The van der Waals surface area contributed by atoms with E-state index in [1.54, 1.807) is 0 Å². The Balaban J connectivity index is 3.54. The third-order valence-electron chi connectivity index (χ3n) is 1.50. The van der Waals surface area contributed by atoms with Crippen LogP contribution in [-0.4, -0.2) is 10.2 Å². The van der Waals surface area contributed by atoms with Crippen molar-refractivity contribution < 1.29 is 13.6 Å². The number of aromatic amines is 1. The maximum Gasteiger partial charge on any atom is 0.266 e. The number of alkyl halides is 2. The Morgan fingerprint density at radius 2 is 2.14 bits per heavy atom. The lowest BCUT2D eigenvalue weighted by Crippen LogP contribution is -2.16. The van der Waals surface area contributed by atoms with E-state index in [-0.39, 0.29) is 3.57 Å². The fourth-order valence-electron chi connectivity index (χ4n) is 0.891. The normalized spacial score (nSPS) is 10.6. The lowest BCUT2D eigenvalue weighted by Gasteiger charge is -2.05. The molecule has 1 N–H and O–H groups in total. The van der Waals surface area contributed by atoms with Gasteiger partial charge in [-0.3, -0.25) is 9.59 Å². The van der Waals surface area contributed by atoms with Gasteiger partial charge in [0.05, 0.1) is 9.13 Å². The Hall–Kier alpha value is -0.500. The smallest absolute Gasteiger partial charge is 0.266 e. The molecule has 0 radical (unpaired) electrons. The highest BCUT2D eigenvalue weighted by Crippen LogP contribution is 2.25. The Morgan fingerprint density at radius 3 is 2.57 bits per heavy atom. The lowest BCUT2D eigenvalue weighted by atomic mass is 10.1. The average Bonchev–Trinajstić information content (AvgIpc) is 2.08. The van der Waals surface area contributed by atoms with Crippen molar-refractivity contribution in [3.05, 3.63) is 31.2 Å². The fraction of sp³-hybridized carbons (Fsp3) is 0.143. The predicted molar refractivity (Wildman–Crippen MR) is 54.9 cm³/mol. The zero-order valence-corrected chi connectivity index (χ0v) is 9.40. The molecular formula is C7H3ClF2INO2. The number of aromatic nitrogens is 1. The van der Waals surface area contributed by atoms with Gasteiger partial charge < -0.3 is 4.98 Å². The second-order valence-corrected chi connectivity index (χ2v) is 3.76. The number of carbonyl (C=O) groups is 1. The molecule has 76 valence electrons. The molecule has 0 amide bonds. The minimum absolute atomic E-state index is 0.125. The van der Waals surface area contributed by atoms with Gasteiger partial charge in [0.25, 0.3) is 17.2 Å². The van der Waals surface area contributed by atoms with Crippen molar-refractivity contribution in [3.63, 3.8) is 0 Å². The highest BCUT2D eigenvalue weighted by atomic mass is 127. The van der Waals surface area contributed by atoms with E-state index >= 15 is 0 Å². The number of halogens is 4. The van der Waals surface area contributed by atoms with Crippen molar-refractivity contribution in [1.29, 1.82) is 0 Å². The summed E-state index contributed by atoms with van der Waals surface area (Å²) in [6.45, 7) is 0. The third-order valence-corrected chi connectivity index (χ3v) is 2.72. The number of hydrogen-bond acceptors (Lipinski definition) is 2. The molecule has 1 heterocycles. The molecule has 3 nitrogen and oxygen atoms in total. The fourth-order valence-corrected chi connectivity index (χ4v) is 1.97. The highest BCUT2D eigenvalue weighted by Gasteiger charge is 2.21. The minimum Gasteiger partial charge on any atom is -0.328 e. The standard InChI is InChI=1S/C7H3ClF2INO2/c8-5(13)3-2(6(9)10)1-12-7(14)4(3)11/h1,6H,(H,12,14). The Kier molecular flexibility index (Phi) is 3.59. The van der Waals surface area contributed by atoms with Crippen LogP contribution in [0.25, 0.3) is 0 Å². The summed E-state index contributed by atoms with van der Waals surface area (Å²) in [5, 5.41) is -1.06. The summed E-state index contributed by atoms with van der Waals surface area (Å²) in [6, 6.07) is 0. The van der Waals surface area contributed by atoms with Crippen LogP contribution in [0, 0.1) is 3.57 Å². The number of pyridine rings is 1. The van der Waals surface area contributed by atoms with Gasteiger partial charge in [-0.15, -0.1) is 0 Å². The summed E-state index contributed by atoms with van der Waals surface area (Å²) >= 11 is 6.60. The van der Waals surface area contributed by atoms with Crippen LogP contribution < -0.4 is 5.56 Å². The van der Waals surface area contributed by atoms with Gasteiger partial charge in [-0.2, -0.15) is 0 Å². The molecule has 0 aliphatic heterocycles. The lowest BCUT2D eigenvalue weighted by molar-refractivity contribution is 0.106. The van der Waals surface area contributed by atoms with Gasteiger partial charge in [-0.1, -0.05) is 0 Å². The van der Waals surface area contributed by atoms with Crippen LogP contribution in [0.5, 0.6) is 0 Å². The highest BCUT2D eigenvalue weighted by molar-refractivity contribution is 14.1. The molecule has 0 atom stereocenters. The first-order chi connectivity index (χ1) is 6.45. The summed E-state index contributed by atoms with van der Waals surface area (Å²) in [6.07, 6.45) is -2.05. The van der Waals surface area contributed by atoms with Gasteiger partial charge in [0.15, 0.2) is 0 Å². The van der Waals surface area contributed by atoms with E-state index in [0.717, 1.165) is 6.20 Å². The molecule has 0 saturated heterocycles. The first-order valence-electron chi connectivity index (χ1n) is 3.34. The second kappa shape index (κ2) is 4.35. The molecule has 0 bridgehead atoms. The van der Waals surface area contributed by atoms with E-state index in [2.05, 4.69) is 4.98 Å². The summed E-state index contributed by atoms with van der Waals surface area (Å²) in [4.78, 5) is 23.9. The van der Waals surface area contributed by atoms with Crippen molar-refractivity contribution in [3.8, 4) is 0 Å². The minimum atomic E-state index is -2.85. The molecule has 0 unspecified atom stereocenters. The van der Waals surface area contributed by atoms with Gasteiger partial charge in [0.2, 0.25) is 0 Å². The average molecular weight is 333 g/mol. The zero-order valence-electron chi connectivity index (χ0n) is 6.48. The van der Waals surface area contributed by atoms with Crippen molar-refractivity contribution in [2.45, 2.75) is 6.43 Å². The molecule has 0 spiro atoms. The quantitative estimate of drug-likeness (QED) is 0.667. The van der Waals surface area contributed by atoms with Gasteiger partial charge in [-0.05, 0) is 34.2 Å². The molecule has 14 heavy (non-hydrogen) atoms. The molecule has 0 saturated carbocycles. The second-order valence-electron chi connectivity index (χ2n) is 2.34. The van der Waals surface area contributed by atoms with E-state index < -0.39 is 28.4 Å². The van der Waals surface area contributed by atoms with Crippen LogP contribution in [0.4, 0.5) is 8.78 Å². The van der Waals surface area contributed by atoms with Crippen LogP contribution in [0.3, 0.4) is 0 Å². The van der Waals surface area contributed by atoms with Crippen molar-refractivity contribution in [2.24, 2.45) is 0 Å². The molecule has 7 heteroatoms. The maximum absolute atomic E-state index is 12.4. The predicted octanol–water partition coefficient (Wildman–Crippen LogP) is 2.30. The number of hydrogen-bond donors (Lipinski definition) is 1. The SMILES string of the molecule is O=C(Cl)c1c(C(F)F)c[nH]c(=O)c1I. The molecule has 1 rings (SSSR count). The van der Waals surface area contributed by atoms with E-state index in [1.807, 2.05) is 0 Å². The Morgan fingerprint density at radius 1 is 1.57 bits per heavy atom. The summed E-state index contributed by atoms with van der Waals surface area (Å²) in [5.41, 5.74) is -1.60. The number of rotatable bonds is 2. The molecule has 0 aliphatic rings. The molecule has 0 aliphatic carbocycles. The van der Waals surface area contributed by atoms with E-state index in [0.29, 0.717) is 0 Å². The van der Waals surface area contributed by atoms with Crippen LogP contribution >= 0.6 is 34.2 Å². The first-order valence-corrected chi connectivity index (χ1v) is 4.80. The van der Waals surface area contributed by atoms with Gasteiger partial charge in [0.1, 0.15) is 0 Å². The Labute approximate surface area is 95.6 Å². The zero-order chi connectivity index (χ0) is 10.9. The number of H-pyrrole nitrogens is 1. The van der Waals surface area contributed by atoms with E-state index in [1.165, 1.54) is 22.6 Å². The molecule has 1 aromatic rings. The van der Waals surface area contributed by atoms with Crippen molar-refractivity contribution >= 4 is 39.4 Å². The Bertz CT molecular complexity index is 432. The maximum atomic E-state index is 12.4. The van der Waals surface area contributed by atoms with Gasteiger partial charge in [-0.25, -0.2) is 8.78 Å². The summed E-state index contributed by atoms with van der Waals surface area (Å²) in [5.74, 6) is 0. The summed E-state index contributed by atoms with van der Waals surface area (Å²) in [7, 11) is 0. The van der Waals surface area contributed by atoms with E-state index in [4.69, 9.17) is 11.6 Å². The van der Waals surface area contributed by atoms with Crippen molar-refractivity contribution in [1.82, 2.24) is 4.98 Å². The van der Waals surface area contributed by atoms with Crippen LogP contribution in [0.1, 0.15) is 22.3 Å². The van der Waals surface area contributed by atoms with Crippen LogP contribution in [0.2, 0.25) is 0 Å². The van der Waals surface area contributed by atoms with E-state index in [9.17, 15) is 18.4 Å². The molecule has 0 fully saturated rings. The van der Waals surface area contributed by atoms with Crippen LogP contribution in [0.15, 0.2) is 11.0 Å². The van der Waals surface area contributed by atoms with Gasteiger partial charge in [0, 0.05) is 11.8 Å². The summed E-state index contributed by atoms with van der Waals surface area (Å²) < 4.78 is 24.6.